The monoisotopic (exact) mass is 443 g/mol. The molecule has 33 heavy (non-hydrogen) atoms. The molecule has 2 aromatic heterocycles. The average molecular weight is 444 g/mol. The molecule has 0 amide bonds. The van der Waals surface area contributed by atoms with Gasteiger partial charge in [0.15, 0.2) is 0 Å². The van der Waals surface area contributed by atoms with Crippen molar-refractivity contribution in [2.75, 3.05) is 26.7 Å². The van der Waals surface area contributed by atoms with Crippen molar-refractivity contribution in [2.24, 2.45) is 0 Å². The number of hydrogen-bond donors (Lipinski definition) is 1. The maximum absolute atomic E-state index is 11.1. The van der Waals surface area contributed by atoms with Gasteiger partial charge in [-0.2, -0.15) is 0 Å². The van der Waals surface area contributed by atoms with Gasteiger partial charge in [0.05, 0.1) is 12.7 Å². The number of allylic oxidation sites excluding steroid dienone is 1. The van der Waals surface area contributed by atoms with E-state index in [0.717, 1.165) is 73.5 Å². The van der Waals surface area contributed by atoms with Crippen LogP contribution in [0.4, 0.5) is 0 Å². The summed E-state index contributed by atoms with van der Waals surface area (Å²) in [6.07, 6.45) is 10.7. The van der Waals surface area contributed by atoms with Crippen molar-refractivity contribution in [3.05, 3.63) is 83.8 Å². The van der Waals surface area contributed by atoms with E-state index in [9.17, 15) is 5.11 Å². The molecule has 2 aliphatic heterocycles. The van der Waals surface area contributed by atoms with Crippen LogP contribution < -0.4 is 9.47 Å². The van der Waals surface area contributed by atoms with Gasteiger partial charge in [0.25, 0.3) is 0 Å². The van der Waals surface area contributed by atoms with Gasteiger partial charge >= 0.3 is 0 Å². The zero-order valence-corrected chi connectivity index (χ0v) is 18.9. The van der Waals surface area contributed by atoms with Gasteiger partial charge in [0.2, 0.25) is 5.88 Å². The summed E-state index contributed by atoms with van der Waals surface area (Å²) in [6.45, 7) is 2.70. The lowest BCUT2D eigenvalue weighted by Crippen LogP contribution is -2.42. The highest BCUT2D eigenvalue weighted by Crippen LogP contribution is 2.41. The van der Waals surface area contributed by atoms with E-state index in [2.05, 4.69) is 27.0 Å². The van der Waals surface area contributed by atoms with Gasteiger partial charge in [-0.25, -0.2) is 4.98 Å². The van der Waals surface area contributed by atoms with Crippen LogP contribution >= 0.6 is 0 Å². The number of benzene rings is 1. The molecule has 0 spiro atoms. The van der Waals surface area contributed by atoms with Gasteiger partial charge in [-0.15, -0.1) is 0 Å². The minimum atomic E-state index is -0.749. The van der Waals surface area contributed by atoms with Gasteiger partial charge in [0, 0.05) is 55.8 Å². The van der Waals surface area contributed by atoms with Crippen molar-refractivity contribution in [3.8, 4) is 17.4 Å². The Morgan fingerprint density at radius 2 is 1.91 bits per heavy atom. The van der Waals surface area contributed by atoms with Crippen LogP contribution in [0.3, 0.4) is 0 Å². The number of hydrogen-bond acceptors (Lipinski definition) is 6. The Bertz CT molecular complexity index is 1140. The van der Waals surface area contributed by atoms with Crippen LogP contribution in [-0.2, 0) is 12.0 Å². The fraction of sp³-hybridized carbons (Fsp3) is 0.333. The molecule has 0 saturated carbocycles. The molecule has 170 valence electrons. The zero-order valence-electron chi connectivity index (χ0n) is 18.9. The van der Waals surface area contributed by atoms with Crippen molar-refractivity contribution in [1.82, 2.24) is 14.9 Å². The smallest absolute Gasteiger partial charge is 0.226 e. The molecule has 6 heteroatoms. The van der Waals surface area contributed by atoms with Crippen molar-refractivity contribution < 1.29 is 14.6 Å². The van der Waals surface area contributed by atoms with E-state index in [-0.39, 0.29) is 0 Å². The van der Waals surface area contributed by atoms with E-state index in [1.54, 1.807) is 25.7 Å². The van der Waals surface area contributed by atoms with Gasteiger partial charge in [-0.3, -0.25) is 4.98 Å². The fourth-order valence-corrected chi connectivity index (χ4v) is 4.81. The molecule has 6 nitrogen and oxygen atoms in total. The third-order valence-electron chi connectivity index (χ3n) is 6.74. The second kappa shape index (κ2) is 9.33. The molecular weight excluding hydrogens is 414 g/mol. The van der Waals surface area contributed by atoms with Crippen LogP contribution in [0.1, 0.15) is 36.0 Å². The quantitative estimate of drug-likeness (QED) is 0.622. The number of aliphatic hydroxyl groups is 1. The number of fused-ring (bicyclic) bond motifs is 2. The Kier molecular flexibility index (Phi) is 6.11. The maximum atomic E-state index is 11.1. The normalized spacial score (nSPS) is 18.7. The lowest BCUT2D eigenvalue weighted by atomic mass is 9.85. The van der Waals surface area contributed by atoms with Crippen LogP contribution in [-0.4, -0.2) is 46.7 Å². The fourth-order valence-electron chi connectivity index (χ4n) is 4.81. The third-order valence-corrected chi connectivity index (χ3v) is 6.74. The van der Waals surface area contributed by atoms with Crippen molar-refractivity contribution in [3.63, 3.8) is 0 Å². The van der Waals surface area contributed by atoms with Crippen LogP contribution in [0, 0.1) is 0 Å². The number of pyridine rings is 2. The maximum Gasteiger partial charge on any atom is 0.226 e. The van der Waals surface area contributed by atoms with Crippen molar-refractivity contribution in [2.45, 2.75) is 31.3 Å². The van der Waals surface area contributed by atoms with Crippen molar-refractivity contribution >= 4 is 5.57 Å². The summed E-state index contributed by atoms with van der Waals surface area (Å²) in [6, 6.07) is 13.8. The highest BCUT2D eigenvalue weighted by atomic mass is 16.5. The number of nitrogens with zero attached hydrogens (tertiary/aromatic N) is 3. The highest BCUT2D eigenvalue weighted by Gasteiger charge is 2.33. The van der Waals surface area contributed by atoms with E-state index in [0.29, 0.717) is 5.88 Å². The lowest BCUT2D eigenvalue weighted by Gasteiger charge is -2.38. The lowest BCUT2D eigenvalue weighted by molar-refractivity contribution is -0.0255. The first-order valence-corrected chi connectivity index (χ1v) is 11.5. The second-order valence-electron chi connectivity index (χ2n) is 8.70. The highest BCUT2D eigenvalue weighted by molar-refractivity contribution is 5.74. The molecule has 3 aromatic rings. The first-order valence-electron chi connectivity index (χ1n) is 11.5. The zero-order chi connectivity index (χ0) is 22.7. The predicted molar refractivity (Wildman–Crippen MR) is 127 cm³/mol. The van der Waals surface area contributed by atoms with Gasteiger partial charge in [-0.05, 0) is 66.8 Å². The SMILES string of the molecule is COc1cccc2c1C/C(=C/CCN1CCC(O)(c3ccncc3)CC1)c1cccnc1O2. The topological polar surface area (TPSA) is 67.7 Å². The summed E-state index contributed by atoms with van der Waals surface area (Å²) in [4.78, 5) is 11.0. The summed E-state index contributed by atoms with van der Waals surface area (Å²) in [5.41, 5.74) is 3.49. The molecule has 0 bridgehead atoms. The van der Waals surface area contributed by atoms with Gasteiger partial charge in [0.1, 0.15) is 11.5 Å². The molecule has 4 heterocycles. The number of aromatic nitrogens is 2. The number of rotatable bonds is 5. The molecule has 0 aliphatic carbocycles. The van der Waals surface area contributed by atoms with E-state index >= 15 is 0 Å². The van der Waals surface area contributed by atoms with Crippen LogP contribution in [0.5, 0.6) is 17.4 Å². The van der Waals surface area contributed by atoms with E-state index in [4.69, 9.17) is 9.47 Å². The standard InChI is InChI=1S/C27H29N3O3/c1-32-24-7-2-8-25-23(24)19-20(22-6-3-13-29-26(22)33-25)5-4-16-30-17-11-27(31,12-18-30)21-9-14-28-15-10-21/h2-3,5-10,13-15,31H,4,11-12,16-19H2,1H3/b20-5-. The summed E-state index contributed by atoms with van der Waals surface area (Å²) in [5.74, 6) is 2.26. The van der Waals surface area contributed by atoms with Gasteiger partial charge in [-0.1, -0.05) is 12.1 Å². The minimum absolute atomic E-state index is 0.635. The average Bonchev–Trinajstić information content (AvgIpc) is 3.02. The molecule has 1 aromatic carbocycles. The molecule has 1 N–H and O–H groups in total. The second-order valence-corrected chi connectivity index (χ2v) is 8.70. The number of likely N-dealkylation sites (tertiary alicyclic amines) is 1. The molecule has 5 rings (SSSR count). The Morgan fingerprint density at radius 1 is 1.09 bits per heavy atom. The van der Waals surface area contributed by atoms with E-state index in [1.165, 1.54) is 5.57 Å². The first-order chi connectivity index (χ1) is 16.2. The molecule has 1 fully saturated rings. The summed E-state index contributed by atoms with van der Waals surface area (Å²) in [7, 11) is 1.69. The Balaban J connectivity index is 1.29. The van der Waals surface area contributed by atoms with E-state index < -0.39 is 5.60 Å². The van der Waals surface area contributed by atoms with Crippen molar-refractivity contribution in [1.29, 1.82) is 0 Å². The Morgan fingerprint density at radius 3 is 2.70 bits per heavy atom. The molecule has 0 radical (unpaired) electrons. The van der Waals surface area contributed by atoms with E-state index in [1.807, 2.05) is 36.4 Å². The largest absolute Gasteiger partial charge is 0.496 e. The molecule has 2 aliphatic rings. The molecule has 1 saturated heterocycles. The number of piperidine rings is 1. The number of methoxy groups -OCH3 is 1. The van der Waals surface area contributed by atoms with Gasteiger partial charge < -0.3 is 19.5 Å². The first kappa shape index (κ1) is 21.6. The molecule has 0 atom stereocenters. The van der Waals surface area contributed by atoms with Crippen LogP contribution in [0.15, 0.2) is 67.1 Å². The molecular formula is C27H29N3O3. The Labute approximate surface area is 194 Å². The molecule has 0 unspecified atom stereocenters. The van der Waals surface area contributed by atoms with Crippen LogP contribution in [0.2, 0.25) is 0 Å². The summed E-state index contributed by atoms with van der Waals surface area (Å²) < 4.78 is 11.8. The Hall–Kier alpha value is -3.22. The van der Waals surface area contributed by atoms with Crippen LogP contribution in [0.25, 0.3) is 5.57 Å². The summed E-state index contributed by atoms with van der Waals surface area (Å²) in [5, 5.41) is 11.1. The minimum Gasteiger partial charge on any atom is -0.496 e. The predicted octanol–water partition coefficient (Wildman–Crippen LogP) is 4.59. The number of ether oxygens (including phenoxy) is 2. The third kappa shape index (κ3) is 4.49. The summed E-state index contributed by atoms with van der Waals surface area (Å²) >= 11 is 0.